The second kappa shape index (κ2) is 10.2. The van der Waals surface area contributed by atoms with Crippen molar-refractivity contribution in [3.63, 3.8) is 0 Å². The molecule has 2 aliphatic rings. The first-order chi connectivity index (χ1) is 16.3. The van der Waals surface area contributed by atoms with Crippen LogP contribution in [0.1, 0.15) is 70.8 Å². The molecule has 1 N–H and O–H groups in total. The van der Waals surface area contributed by atoms with Crippen LogP contribution in [-0.4, -0.2) is 48.0 Å². The maximum absolute atomic E-state index is 12.9. The molecule has 0 unspecified atom stereocenters. The first kappa shape index (κ1) is 24.3. The van der Waals surface area contributed by atoms with E-state index in [1.54, 1.807) is 0 Å². The third-order valence-electron chi connectivity index (χ3n) is 6.79. The zero-order valence-electron chi connectivity index (χ0n) is 19.6. The zero-order valence-corrected chi connectivity index (χ0v) is 19.6. The Labute approximate surface area is 197 Å². The number of carbonyl (C=O) groups is 2. The molecule has 3 heterocycles. The number of rotatable bonds is 7. The molecular formula is C25H31F2N3O4. The number of halogens is 2. The minimum Gasteiger partial charge on any atom is -0.462 e. The maximum Gasteiger partial charge on any atom is 0.338 e. The van der Waals surface area contributed by atoms with Gasteiger partial charge in [0.1, 0.15) is 0 Å². The van der Waals surface area contributed by atoms with E-state index in [-0.39, 0.29) is 35.0 Å². The van der Waals surface area contributed by atoms with E-state index in [4.69, 9.17) is 14.6 Å². The molecule has 1 spiro atoms. The van der Waals surface area contributed by atoms with Crippen LogP contribution in [0.5, 0.6) is 0 Å². The Bertz CT molecular complexity index is 1030. The molecule has 4 rings (SSSR count). The monoisotopic (exact) mass is 475 g/mol. The third-order valence-corrected chi connectivity index (χ3v) is 6.79. The minimum absolute atomic E-state index is 0.0396. The average molecular weight is 476 g/mol. The predicted molar refractivity (Wildman–Crippen MR) is 121 cm³/mol. The molecule has 1 aromatic carbocycles. The van der Waals surface area contributed by atoms with Gasteiger partial charge in [-0.25, -0.2) is 13.6 Å². The molecule has 1 saturated heterocycles. The Morgan fingerprint density at radius 3 is 2.62 bits per heavy atom. The van der Waals surface area contributed by atoms with Gasteiger partial charge in [-0.2, -0.15) is 5.10 Å². The number of carbonyl (C=O) groups excluding carboxylic acids is 2. The highest BCUT2D eigenvalue weighted by Crippen LogP contribution is 2.37. The number of aryl methyl sites for hydroxylation is 1. The van der Waals surface area contributed by atoms with Crippen LogP contribution in [-0.2, 0) is 28.9 Å². The summed E-state index contributed by atoms with van der Waals surface area (Å²) in [6, 6.07) is 5.16. The standard InChI is InChI=1S/C25H31F2N3O4/c1-3-19-21-20(12-25(15-28-23(21)31)8-10-33-11-9-25)30(29-19)13-16(2)14-34-24(32)18-6-4-17(5-7-18)22(26)27/h4-7,16,22H,3,8-15H2,1-2H3,(H,28,31)/t16-/m1/s1. The summed E-state index contributed by atoms with van der Waals surface area (Å²) in [7, 11) is 0. The molecular weight excluding hydrogens is 444 g/mol. The fraction of sp³-hybridized carbons (Fsp3) is 0.560. The summed E-state index contributed by atoms with van der Waals surface area (Å²) in [5.74, 6) is -0.690. The Kier molecular flexibility index (Phi) is 7.30. The normalized spacial score (nSPS) is 18.3. The highest BCUT2D eigenvalue weighted by molar-refractivity contribution is 5.97. The molecule has 2 aromatic rings. The van der Waals surface area contributed by atoms with Crippen LogP contribution >= 0.6 is 0 Å². The third kappa shape index (κ3) is 5.14. The van der Waals surface area contributed by atoms with E-state index in [9.17, 15) is 18.4 Å². The van der Waals surface area contributed by atoms with E-state index in [0.717, 1.165) is 30.7 Å². The number of benzene rings is 1. The average Bonchev–Trinajstić information content (AvgIpc) is 3.11. The van der Waals surface area contributed by atoms with Gasteiger partial charge in [0.2, 0.25) is 0 Å². The van der Waals surface area contributed by atoms with Crippen molar-refractivity contribution in [1.29, 1.82) is 0 Å². The van der Waals surface area contributed by atoms with Gasteiger partial charge in [0, 0.05) is 37.8 Å². The second-order valence-corrected chi connectivity index (χ2v) is 9.40. The van der Waals surface area contributed by atoms with Gasteiger partial charge in [-0.3, -0.25) is 9.48 Å². The van der Waals surface area contributed by atoms with E-state index in [1.165, 1.54) is 24.3 Å². The molecule has 184 valence electrons. The van der Waals surface area contributed by atoms with Crippen molar-refractivity contribution >= 4 is 11.9 Å². The van der Waals surface area contributed by atoms with Crippen molar-refractivity contribution in [2.45, 2.75) is 52.5 Å². The van der Waals surface area contributed by atoms with E-state index in [0.29, 0.717) is 38.3 Å². The number of amides is 1. The fourth-order valence-electron chi connectivity index (χ4n) is 4.74. The number of nitrogens with zero attached hydrogens (tertiary/aromatic N) is 2. The summed E-state index contributed by atoms with van der Waals surface area (Å²) >= 11 is 0. The lowest BCUT2D eigenvalue weighted by Gasteiger charge is -2.36. The van der Waals surface area contributed by atoms with Crippen molar-refractivity contribution in [3.8, 4) is 0 Å². The van der Waals surface area contributed by atoms with Gasteiger partial charge >= 0.3 is 5.97 Å². The van der Waals surface area contributed by atoms with Crippen molar-refractivity contribution in [2.75, 3.05) is 26.4 Å². The molecule has 1 aromatic heterocycles. The van der Waals surface area contributed by atoms with E-state index < -0.39 is 12.4 Å². The van der Waals surface area contributed by atoms with Crippen LogP contribution < -0.4 is 5.32 Å². The molecule has 0 radical (unpaired) electrons. The predicted octanol–water partition coefficient (Wildman–Crippen LogP) is 3.96. The van der Waals surface area contributed by atoms with Gasteiger partial charge in [0.15, 0.2) is 0 Å². The first-order valence-electron chi connectivity index (χ1n) is 11.8. The van der Waals surface area contributed by atoms with Gasteiger partial charge in [0.25, 0.3) is 12.3 Å². The number of hydrogen-bond donors (Lipinski definition) is 1. The molecule has 34 heavy (non-hydrogen) atoms. The number of ether oxygens (including phenoxy) is 2. The van der Waals surface area contributed by atoms with Crippen molar-refractivity contribution in [1.82, 2.24) is 15.1 Å². The molecule has 0 aliphatic carbocycles. The van der Waals surface area contributed by atoms with Crippen molar-refractivity contribution in [3.05, 3.63) is 52.3 Å². The van der Waals surface area contributed by atoms with E-state index in [1.807, 2.05) is 18.5 Å². The van der Waals surface area contributed by atoms with Crippen molar-refractivity contribution < 1.29 is 27.8 Å². The van der Waals surface area contributed by atoms with Crippen LogP contribution in [0.4, 0.5) is 8.78 Å². The largest absolute Gasteiger partial charge is 0.462 e. The van der Waals surface area contributed by atoms with Gasteiger partial charge in [-0.1, -0.05) is 26.0 Å². The van der Waals surface area contributed by atoms with Gasteiger partial charge in [-0.05, 0) is 43.2 Å². The quantitative estimate of drug-likeness (QED) is 0.613. The van der Waals surface area contributed by atoms with Crippen LogP contribution in [0.2, 0.25) is 0 Å². The second-order valence-electron chi connectivity index (χ2n) is 9.40. The van der Waals surface area contributed by atoms with Gasteiger partial charge in [0.05, 0.1) is 29.1 Å². The Morgan fingerprint density at radius 1 is 1.26 bits per heavy atom. The summed E-state index contributed by atoms with van der Waals surface area (Å²) in [6.45, 7) is 6.59. The van der Waals surface area contributed by atoms with E-state index in [2.05, 4.69) is 5.32 Å². The molecule has 2 aliphatic heterocycles. The smallest absolute Gasteiger partial charge is 0.338 e. The highest BCUT2D eigenvalue weighted by atomic mass is 19.3. The molecule has 9 heteroatoms. The number of esters is 1. The Hall–Kier alpha value is -2.81. The lowest BCUT2D eigenvalue weighted by atomic mass is 9.76. The SMILES string of the molecule is CCc1nn(C[C@@H](C)COC(=O)c2ccc(C(F)F)cc2)c2c1C(=O)NCC1(CCOCC1)C2. The molecule has 1 atom stereocenters. The topological polar surface area (TPSA) is 82.5 Å². The molecule has 0 bridgehead atoms. The van der Waals surface area contributed by atoms with E-state index >= 15 is 0 Å². The number of hydrogen-bond acceptors (Lipinski definition) is 5. The lowest BCUT2D eigenvalue weighted by Crippen LogP contribution is -2.41. The molecule has 1 fully saturated rings. The first-order valence-corrected chi connectivity index (χ1v) is 11.8. The molecule has 0 saturated carbocycles. The van der Waals surface area contributed by atoms with Gasteiger partial charge in [-0.15, -0.1) is 0 Å². The number of aromatic nitrogens is 2. The number of nitrogens with one attached hydrogen (secondary N) is 1. The lowest BCUT2D eigenvalue weighted by molar-refractivity contribution is 0.0151. The summed E-state index contributed by atoms with van der Waals surface area (Å²) < 4.78 is 38.3. The summed E-state index contributed by atoms with van der Waals surface area (Å²) in [5.41, 5.74) is 2.45. The molecule has 7 nitrogen and oxygen atoms in total. The minimum atomic E-state index is -2.58. The molecule has 1 amide bonds. The number of fused-ring (bicyclic) bond motifs is 1. The highest BCUT2D eigenvalue weighted by Gasteiger charge is 2.39. The van der Waals surface area contributed by atoms with Crippen LogP contribution in [0.15, 0.2) is 24.3 Å². The summed E-state index contributed by atoms with van der Waals surface area (Å²) in [5, 5.41) is 7.85. The van der Waals surface area contributed by atoms with Crippen LogP contribution in [0, 0.1) is 11.3 Å². The summed E-state index contributed by atoms with van der Waals surface area (Å²) in [4.78, 5) is 25.3. The fourth-order valence-corrected chi connectivity index (χ4v) is 4.74. The maximum atomic E-state index is 12.9. The summed E-state index contributed by atoms with van der Waals surface area (Å²) in [6.07, 6.45) is 0.593. The van der Waals surface area contributed by atoms with Crippen LogP contribution in [0.25, 0.3) is 0 Å². The van der Waals surface area contributed by atoms with Crippen LogP contribution in [0.3, 0.4) is 0 Å². The van der Waals surface area contributed by atoms with Gasteiger partial charge < -0.3 is 14.8 Å². The zero-order chi connectivity index (χ0) is 24.3. The Balaban J connectivity index is 1.46. The van der Waals surface area contributed by atoms with Crippen molar-refractivity contribution in [2.24, 2.45) is 11.3 Å². The number of alkyl halides is 2. The Morgan fingerprint density at radius 2 is 1.97 bits per heavy atom.